The van der Waals surface area contributed by atoms with E-state index in [4.69, 9.17) is 16.9 Å². The molecule has 28 heavy (non-hydrogen) atoms. The second kappa shape index (κ2) is 8.20. The summed E-state index contributed by atoms with van der Waals surface area (Å²) in [6, 6.07) is 13.7. The van der Waals surface area contributed by atoms with E-state index in [-0.39, 0.29) is 11.8 Å². The number of anilines is 1. The number of nitriles is 1. The fourth-order valence-corrected chi connectivity index (χ4v) is 4.37. The van der Waals surface area contributed by atoms with Crippen molar-refractivity contribution >= 4 is 23.3 Å². The number of piperidine rings is 1. The first-order chi connectivity index (χ1) is 13.6. The van der Waals surface area contributed by atoms with Crippen molar-refractivity contribution in [3.05, 3.63) is 58.7 Å². The molecule has 1 atom stereocenters. The van der Waals surface area contributed by atoms with Gasteiger partial charge in [-0.3, -0.25) is 4.79 Å². The molecule has 5 nitrogen and oxygen atoms in total. The van der Waals surface area contributed by atoms with Gasteiger partial charge in [-0.2, -0.15) is 5.26 Å². The fraction of sp³-hybridized carbons (Fsp3) is 0.409. The van der Waals surface area contributed by atoms with Gasteiger partial charge in [-0.15, -0.1) is 0 Å². The Morgan fingerprint density at radius 2 is 1.86 bits per heavy atom. The first-order valence-corrected chi connectivity index (χ1v) is 10.2. The number of halogens is 1. The highest BCUT2D eigenvalue weighted by atomic mass is 35.5. The number of pyridine rings is 1. The predicted molar refractivity (Wildman–Crippen MR) is 109 cm³/mol. The average Bonchev–Trinajstić information content (AvgIpc) is 3.24. The predicted octanol–water partition coefficient (Wildman–Crippen LogP) is 3.84. The lowest BCUT2D eigenvalue weighted by molar-refractivity contribution is -0.135. The van der Waals surface area contributed by atoms with Crippen molar-refractivity contribution in [2.75, 3.05) is 31.1 Å². The molecule has 0 radical (unpaired) electrons. The molecule has 0 spiro atoms. The maximum atomic E-state index is 13.0. The molecule has 0 saturated carbocycles. The molecule has 144 valence electrons. The standard InChI is InChI=1S/C22H23ClN4O/c23-20-3-1-17(2-4-20)19-8-12-27(15-19)22(28)18-6-10-26(11-7-18)21-13-16(14-24)5-9-25-21/h1-5,9,13,18-19H,6-8,10-12,15H2. The number of carbonyl (C=O) groups excluding carboxylic acids is 1. The van der Waals surface area contributed by atoms with Gasteiger partial charge in [-0.1, -0.05) is 23.7 Å². The summed E-state index contributed by atoms with van der Waals surface area (Å²) >= 11 is 5.98. The summed E-state index contributed by atoms with van der Waals surface area (Å²) in [6.07, 6.45) is 4.35. The number of hydrogen-bond acceptors (Lipinski definition) is 4. The molecule has 6 heteroatoms. The number of nitrogens with zero attached hydrogens (tertiary/aromatic N) is 4. The summed E-state index contributed by atoms with van der Waals surface area (Å²) in [5, 5.41) is 9.81. The minimum atomic E-state index is 0.0827. The maximum Gasteiger partial charge on any atom is 0.225 e. The van der Waals surface area contributed by atoms with Crippen molar-refractivity contribution in [3.8, 4) is 6.07 Å². The Kier molecular flexibility index (Phi) is 5.50. The highest BCUT2D eigenvalue weighted by molar-refractivity contribution is 6.30. The van der Waals surface area contributed by atoms with Crippen LogP contribution in [0.1, 0.15) is 36.3 Å². The van der Waals surface area contributed by atoms with Crippen LogP contribution in [0.25, 0.3) is 0 Å². The second-order valence-electron chi connectivity index (χ2n) is 7.60. The topological polar surface area (TPSA) is 60.2 Å². The first kappa shape index (κ1) is 18.8. The Labute approximate surface area is 170 Å². The number of carbonyl (C=O) groups is 1. The van der Waals surface area contributed by atoms with Crippen molar-refractivity contribution in [1.82, 2.24) is 9.88 Å². The van der Waals surface area contributed by atoms with Gasteiger partial charge in [0.15, 0.2) is 0 Å². The van der Waals surface area contributed by atoms with Crippen LogP contribution in [-0.4, -0.2) is 42.0 Å². The van der Waals surface area contributed by atoms with E-state index in [9.17, 15) is 4.79 Å². The molecule has 1 unspecified atom stereocenters. The van der Waals surface area contributed by atoms with E-state index in [0.717, 1.165) is 56.3 Å². The molecule has 4 rings (SSSR count). The molecule has 0 bridgehead atoms. The number of benzene rings is 1. The van der Waals surface area contributed by atoms with E-state index >= 15 is 0 Å². The van der Waals surface area contributed by atoms with Gasteiger partial charge >= 0.3 is 0 Å². The third kappa shape index (κ3) is 3.98. The highest BCUT2D eigenvalue weighted by Crippen LogP contribution is 2.31. The molecule has 0 aliphatic carbocycles. The van der Waals surface area contributed by atoms with Crippen molar-refractivity contribution in [2.24, 2.45) is 5.92 Å². The van der Waals surface area contributed by atoms with Crippen LogP contribution in [0.5, 0.6) is 0 Å². The van der Waals surface area contributed by atoms with Crippen LogP contribution in [-0.2, 0) is 4.79 Å². The van der Waals surface area contributed by atoms with Crippen molar-refractivity contribution in [3.63, 3.8) is 0 Å². The SMILES string of the molecule is N#Cc1ccnc(N2CCC(C(=O)N3CCC(c4ccc(Cl)cc4)C3)CC2)c1. The Bertz CT molecular complexity index is 884. The van der Waals surface area contributed by atoms with Crippen molar-refractivity contribution < 1.29 is 4.79 Å². The lowest BCUT2D eigenvalue weighted by atomic mass is 9.95. The quantitative estimate of drug-likeness (QED) is 0.793. The molecular weight excluding hydrogens is 372 g/mol. The largest absolute Gasteiger partial charge is 0.357 e. The van der Waals surface area contributed by atoms with Gasteiger partial charge in [0.1, 0.15) is 5.82 Å². The van der Waals surface area contributed by atoms with Crippen LogP contribution in [0.15, 0.2) is 42.6 Å². The van der Waals surface area contributed by atoms with Gasteiger partial charge in [-0.25, -0.2) is 4.98 Å². The van der Waals surface area contributed by atoms with Gasteiger partial charge in [0, 0.05) is 49.2 Å². The summed E-state index contributed by atoms with van der Waals surface area (Å²) in [6.45, 7) is 3.23. The van der Waals surface area contributed by atoms with Gasteiger partial charge < -0.3 is 9.80 Å². The molecule has 2 aromatic rings. The van der Waals surface area contributed by atoms with E-state index in [0.29, 0.717) is 11.5 Å². The van der Waals surface area contributed by atoms with Crippen molar-refractivity contribution in [1.29, 1.82) is 5.26 Å². The number of hydrogen-bond donors (Lipinski definition) is 0. The smallest absolute Gasteiger partial charge is 0.225 e. The van der Waals surface area contributed by atoms with E-state index < -0.39 is 0 Å². The molecular formula is C22H23ClN4O. The van der Waals surface area contributed by atoms with E-state index in [1.54, 1.807) is 12.3 Å². The fourth-order valence-electron chi connectivity index (χ4n) is 4.24. The van der Waals surface area contributed by atoms with E-state index in [2.05, 4.69) is 28.1 Å². The van der Waals surface area contributed by atoms with Gasteiger partial charge in [0.25, 0.3) is 0 Å². The van der Waals surface area contributed by atoms with Crippen LogP contribution >= 0.6 is 11.6 Å². The van der Waals surface area contributed by atoms with Crippen LogP contribution in [0.3, 0.4) is 0 Å². The minimum Gasteiger partial charge on any atom is -0.357 e. The first-order valence-electron chi connectivity index (χ1n) is 9.79. The lowest BCUT2D eigenvalue weighted by Gasteiger charge is -2.34. The zero-order chi connectivity index (χ0) is 19.5. The van der Waals surface area contributed by atoms with Crippen LogP contribution in [0.2, 0.25) is 5.02 Å². The highest BCUT2D eigenvalue weighted by Gasteiger charge is 2.33. The Hall–Kier alpha value is -2.58. The molecule has 2 saturated heterocycles. The Morgan fingerprint density at radius 1 is 1.11 bits per heavy atom. The Balaban J connectivity index is 1.33. The molecule has 1 amide bonds. The minimum absolute atomic E-state index is 0.0827. The zero-order valence-electron chi connectivity index (χ0n) is 15.7. The van der Waals surface area contributed by atoms with Crippen LogP contribution in [0, 0.1) is 17.2 Å². The molecule has 1 aromatic heterocycles. The number of rotatable bonds is 3. The summed E-state index contributed by atoms with van der Waals surface area (Å²) in [7, 11) is 0. The molecule has 2 fully saturated rings. The zero-order valence-corrected chi connectivity index (χ0v) is 16.5. The van der Waals surface area contributed by atoms with Crippen LogP contribution in [0.4, 0.5) is 5.82 Å². The third-order valence-electron chi connectivity index (χ3n) is 5.88. The Morgan fingerprint density at radius 3 is 2.57 bits per heavy atom. The monoisotopic (exact) mass is 394 g/mol. The molecule has 2 aliphatic heterocycles. The second-order valence-corrected chi connectivity index (χ2v) is 8.03. The maximum absolute atomic E-state index is 13.0. The molecule has 1 aromatic carbocycles. The third-order valence-corrected chi connectivity index (χ3v) is 6.14. The molecule has 3 heterocycles. The van der Waals surface area contributed by atoms with Crippen molar-refractivity contribution in [2.45, 2.75) is 25.2 Å². The van der Waals surface area contributed by atoms with Gasteiger partial charge in [0.2, 0.25) is 5.91 Å². The number of amides is 1. The van der Waals surface area contributed by atoms with E-state index in [1.807, 2.05) is 23.1 Å². The van der Waals surface area contributed by atoms with Crippen LogP contribution < -0.4 is 4.90 Å². The van der Waals surface area contributed by atoms with Gasteiger partial charge in [-0.05, 0) is 49.1 Å². The average molecular weight is 395 g/mol. The normalized spacial score (nSPS) is 20.2. The molecule has 0 N–H and O–H groups in total. The summed E-state index contributed by atoms with van der Waals surface area (Å²) in [5.74, 6) is 1.60. The number of likely N-dealkylation sites (tertiary alicyclic amines) is 1. The number of aromatic nitrogens is 1. The summed E-state index contributed by atoms with van der Waals surface area (Å²) in [5.41, 5.74) is 1.88. The van der Waals surface area contributed by atoms with E-state index in [1.165, 1.54) is 5.56 Å². The van der Waals surface area contributed by atoms with Gasteiger partial charge in [0.05, 0.1) is 11.6 Å². The lowest BCUT2D eigenvalue weighted by Crippen LogP contribution is -2.42. The molecule has 2 aliphatic rings. The summed E-state index contributed by atoms with van der Waals surface area (Å²) < 4.78 is 0. The summed E-state index contributed by atoms with van der Waals surface area (Å²) in [4.78, 5) is 21.6.